The molecule has 0 saturated carbocycles. The van der Waals surface area contributed by atoms with Gasteiger partial charge in [-0.15, -0.1) is 6.58 Å². The number of aryl methyl sites for hydroxylation is 1. The SMILES string of the molecule is C=CCN1C(=O)/C(=C/c2cc(OC)c(OCC(=O)Nc3ccc(C)cc3)cc2Br)C(=O)NC1=S. The third-order valence-electron chi connectivity index (χ3n) is 4.77. The summed E-state index contributed by atoms with van der Waals surface area (Å²) in [6.07, 6.45) is 2.94. The highest BCUT2D eigenvalue weighted by molar-refractivity contribution is 9.10. The van der Waals surface area contributed by atoms with Gasteiger partial charge in [0.2, 0.25) is 0 Å². The molecule has 0 radical (unpaired) electrons. The highest BCUT2D eigenvalue weighted by Crippen LogP contribution is 2.35. The first-order valence-electron chi connectivity index (χ1n) is 10.1. The van der Waals surface area contributed by atoms with Gasteiger partial charge in [0.15, 0.2) is 23.2 Å². The standard InChI is InChI=1S/C24H22BrN3O5S/c1-4-9-28-23(31)17(22(30)27-24(28)34)10-15-11-19(32-3)20(12-18(15)25)33-13-21(29)26-16-7-5-14(2)6-8-16/h4-8,10-12H,1,9,13H2,2-3H3,(H,26,29)(H,27,30,34)/b17-10+. The third kappa shape index (κ3) is 5.89. The van der Waals surface area contributed by atoms with E-state index in [0.29, 0.717) is 27.2 Å². The number of rotatable bonds is 8. The highest BCUT2D eigenvalue weighted by atomic mass is 79.9. The van der Waals surface area contributed by atoms with Crippen LogP contribution in [0.1, 0.15) is 11.1 Å². The Kier molecular flexibility index (Phi) is 8.19. The molecule has 2 N–H and O–H groups in total. The normalized spacial score (nSPS) is 14.6. The smallest absolute Gasteiger partial charge is 0.265 e. The molecule has 0 bridgehead atoms. The molecule has 0 aliphatic carbocycles. The number of anilines is 1. The number of hydrogen-bond donors (Lipinski definition) is 2. The summed E-state index contributed by atoms with van der Waals surface area (Å²) in [5.41, 5.74) is 2.15. The molecule has 0 aromatic heterocycles. The maximum Gasteiger partial charge on any atom is 0.265 e. The molecule has 8 nitrogen and oxygen atoms in total. The Balaban J connectivity index is 1.78. The second kappa shape index (κ2) is 11.1. The minimum Gasteiger partial charge on any atom is -0.493 e. The van der Waals surface area contributed by atoms with Gasteiger partial charge >= 0.3 is 0 Å². The largest absolute Gasteiger partial charge is 0.493 e. The lowest BCUT2D eigenvalue weighted by molar-refractivity contribution is -0.128. The average Bonchev–Trinajstić information content (AvgIpc) is 2.80. The fourth-order valence-electron chi connectivity index (χ4n) is 3.06. The molecule has 2 aromatic carbocycles. The van der Waals surface area contributed by atoms with E-state index in [4.69, 9.17) is 21.7 Å². The van der Waals surface area contributed by atoms with Gasteiger partial charge in [-0.25, -0.2) is 0 Å². The maximum atomic E-state index is 12.8. The van der Waals surface area contributed by atoms with Crippen LogP contribution < -0.4 is 20.1 Å². The molecule has 0 atom stereocenters. The van der Waals surface area contributed by atoms with Crippen molar-refractivity contribution in [3.8, 4) is 11.5 Å². The average molecular weight is 544 g/mol. The van der Waals surface area contributed by atoms with Crippen molar-refractivity contribution < 1.29 is 23.9 Å². The topological polar surface area (TPSA) is 97.0 Å². The minimum absolute atomic E-state index is 0.0244. The Bertz CT molecular complexity index is 1190. The Hall–Kier alpha value is -3.50. The van der Waals surface area contributed by atoms with E-state index in [-0.39, 0.29) is 29.7 Å². The van der Waals surface area contributed by atoms with Crippen molar-refractivity contribution in [2.45, 2.75) is 6.92 Å². The number of nitrogens with zero attached hydrogens (tertiary/aromatic N) is 1. The van der Waals surface area contributed by atoms with Crippen molar-refractivity contribution in [3.63, 3.8) is 0 Å². The minimum atomic E-state index is -0.603. The molecule has 3 amide bonds. The number of methoxy groups -OCH3 is 1. The van der Waals surface area contributed by atoms with Crippen molar-refractivity contribution in [3.05, 3.63) is 70.2 Å². The van der Waals surface area contributed by atoms with Crippen LogP contribution in [0, 0.1) is 6.92 Å². The summed E-state index contributed by atoms with van der Waals surface area (Å²) in [5, 5.41) is 5.28. The molecule has 1 aliphatic heterocycles. The third-order valence-corrected chi connectivity index (χ3v) is 5.78. The van der Waals surface area contributed by atoms with Gasteiger partial charge in [0.05, 0.1) is 7.11 Å². The lowest BCUT2D eigenvalue weighted by Crippen LogP contribution is -2.53. The molecule has 3 rings (SSSR count). The van der Waals surface area contributed by atoms with Gasteiger partial charge in [-0.2, -0.15) is 0 Å². The molecular weight excluding hydrogens is 522 g/mol. The molecule has 176 valence electrons. The van der Waals surface area contributed by atoms with Crippen molar-refractivity contribution in [2.75, 3.05) is 25.6 Å². The fourth-order valence-corrected chi connectivity index (χ4v) is 3.74. The summed E-state index contributed by atoms with van der Waals surface area (Å²) >= 11 is 8.49. The lowest BCUT2D eigenvalue weighted by Gasteiger charge is -2.27. The number of benzene rings is 2. The van der Waals surface area contributed by atoms with Gasteiger partial charge in [0.25, 0.3) is 17.7 Å². The van der Waals surface area contributed by atoms with E-state index in [1.54, 1.807) is 24.3 Å². The number of halogens is 1. The van der Waals surface area contributed by atoms with Crippen LogP contribution in [0.4, 0.5) is 5.69 Å². The summed E-state index contributed by atoms with van der Waals surface area (Å²) in [7, 11) is 1.45. The first-order chi connectivity index (χ1) is 16.2. The molecule has 1 fully saturated rings. The van der Waals surface area contributed by atoms with Crippen LogP contribution in [0.2, 0.25) is 0 Å². The quantitative estimate of drug-likeness (QED) is 0.228. The van der Waals surface area contributed by atoms with Crippen LogP contribution in [0.3, 0.4) is 0 Å². The Morgan fingerprint density at radius 1 is 1.24 bits per heavy atom. The van der Waals surface area contributed by atoms with Gasteiger partial charge in [-0.3, -0.25) is 24.6 Å². The van der Waals surface area contributed by atoms with E-state index < -0.39 is 11.8 Å². The van der Waals surface area contributed by atoms with Gasteiger partial charge in [0.1, 0.15) is 5.57 Å². The zero-order chi connectivity index (χ0) is 24.8. The molecule has 34 heavy (non-hydrogen) atoms. The predicted molar refractivity (Wildman–Crippen MR) is 137 cm³/mol. The van der Waals surface area contributed by atoms with Crippen LogP contribution in [0.5, 0.6) is 11.5 Å². The lowest BCUT2D eigenvalue weighted by atomic mass is 10.1. The van der Waals surface area contributed by atoms with Gasteiger partial charge in [-0.05, 0) is 55.0 Å². The van der Waals surface area contributed by atoms with Gasteiger partial charge < -0.3 is 14.8 Å². The summed E-state index contributed by atoms with van der Waals surface area (Å²) in [6, 6.07) is 10.6. The molecule has 1 heterocycles. The van der Waals surface area contributed by atoms with Gasteiger partial charge in [-0.1, -0.05) is 39.7 Å². The van der Waals surface area contributed by atoms with Gasteiger partial charge in [0, 0.05) is 16.7 Å². The molecule has 1 saturated heterocycles. The zero-order valence-corrected chi connectivity index (χ0v) is 20.9. The van der Waals surface area contributed by atoms with E-state index in [9.17, 15) is 14.4 Å². The van der Waals surface area contributed by atoms with Crippen LogP contribution >= 0.6 is 28.1 Å². The van der Waals surface area contributed by atoms with E-state index in [2.05, 4.69) is 33.1 Å². The first-order valence-corrected chi connectivity index (χ1v) is 11.3. The monoisotopic (exact) mass is 543 g/mol. The van der Waals surface area contributed by atoms with Crippen molar-refractivity contribution in [2.24, 2.45) is 0 Å². The number of hydrogen-bond acceptors (Lipinski definition) is 6. The maximum absolute atomic E-state index is 12.8. The molecular formula is C24H22BrN3O5S. The molecule has 0 spiro atoms. The Morgan fingerprint density at radius 3 is 2.59 bits per heavy atom. The summed E-state index contributed by atoms with van der Waals surface area (Å²) < 4.78 is 11.6. The molecule has 10 heteroatoms. The van der Waals surface area contributed by atoms with E-state index in [1.807, 2.05) is 19.1 Å². The summed E-state index contributed by atoms with van der Waals surface area (Å²) in [6.45, 7) is 5.48. The zero-order valence-electron chi connectivity index (χ0n) is 18.5. The van der Waals surface area contributed by atoms with Crippen LogP contribution in [-0.2, 0) is 14.4 Å². The predicted octanol–water partition coefficient (Wildman–Crippen LogP) is 3.60. The van der Waals surface area contributed by atoms with Crippen molar-refractivity contribution >= 4 is 62.7 Å². The van der Waals surface area contributed by atoms with Crippen molar-refractivity contribution in [1.82, 2.24) is 10.2 Å². The summed E-state index contributed by atoms with van der Waals surface area (Å²) in [5.74, 6) is -0.845. The number of nitrogens with one attached hydrogen (secondary N) is 2. The molecule has 0 unspecified atom stereocenters. The number of carbonyl (C=O) groups excluding carboxylic acids is 3. The second-order valence-corrected chi connectivity index (χ2v) is 8.49. The first kappa shape index (κ1) is 25.1. The van der Waals surface area contributed by atoms with E-state index in [1.165, 1.54) is 24.2 Å². The Labute approximate surface area is 210 Å². The summed E-state index contributed by atoms with van der Waals surface area (Å²) in [4.78, 5) is 38.7. The van der Waals surface area contributed by atoms with Crippen molar-refractivity contribution in [1.29, 1.82) is 0 Å². The number of carbonyl (C=O) groups is 3. The molecule has 1 aliphatic rings. The fraction of sp³-hybridized carbons (Fsp3) is 0.167. The van der Waals surface area contributed by atoms with Crippen LogP contribution in [0.25, 0.3) is 6.08 Å². The number of thiocarbonyl (C=S) groups is 1. The highest BCUT2D eigenvalue weighted by Gasteiger charge is 2.32. The number of amides is 3. The van der Waals surface area contributed by atoms with E-state index in [0.717, 1.165) is 5.56 Å². The molecule has 2 aromatic rings. The second-order valence-electron chi connectivity index (χ2n) is 7.25. The number of ether oxygens (including phenoxy) is 2. The van der Waals surface area contributed by atoms with E-state index >= 15 is 0 Å². The van der Waals surface area contributed by atoms with Crippen LogP contribution in [-0.4, -0.2) is 48.0 Å². The Morgan fingerprint density at radius 2 is 1.94 bits per heavy atom. The van der Waals surface area contributed by atoms with Crippen LogP contribution in [0.15, 0.2) is 59.1 Å².